The van der Waals surface area contributed by atoms with E-state index in [1.165, 1.54) is 38.2 Å². The van der Waals surface area contributed by atoms with Crippen LogP contribution < -0.4 is 9.80 Å². The average Bonchev–Trinajstić information content (AvgIpc) is 3.88. The highest BCUT2D eigenvalue weighted by Gasteiger charge is 2.22. The van der Waals surface area contributed by atoms with Gasteiger partial charge in [0.1, 0.15) is 11.2 Å². The van der Waals surface area contributed by atoms with Crippen LogP contribution in [0.3, 0.4) is 0 Å². The van der Waals surface area contributed by atoms with Gasteiger partial charge < -0.3 is 14.2 Å². The number of furan rings is 1. The van der Waals surface area contributed by atoms with Gasteiger partial charge >= 0.3 is 0 Å². The van der Waals surface area contributed by atoms with Crippen LogP contribution in [0.2, 0.25) is 0 Å². The van der Waals surface area contributed by atoms with Crippen molar-refractivity contribution in [3.05, 3.63) is 291 Å². The lowest BCUT2D eigenvalue weighted by atomic mass is 9.97. The Kier molecular flexibility index (Phi) is 10.8. The van der Waals surface area contributed by atoms with Crippen molar-refractivity contribution >= 4 is 88.4 Å². The number of benzene rings is 13. The van der Waals surface area contributed by atoms with Crippen LogP contribution in [-0.2, 0) is 0 Å². The average molecular weight is 957 g/mol. The van der Waals surface area contributed by atoms with Gasteiger partial charge in [0.05, 0.1) is 17.1 Å². The molecule has 0 aliphatic carbocycles. The molecule has 13 aromatic carbocycles. The molecule has 0 radical (unpaired) electrons. The topological polar surface area (TPSA) is 19.6 Å². The normalized spacial score (nSPS) is 11.5. The lowest BCUT2D eigenvalue weighted by Gasteiger charge is -2.30. The van der Waals surface area contributed by atoms with Crippen LogP contribution in [0.1, 0.15) is 0 Å². The molecule has 352 valence electrons. The van der Waals surface area contributed by atoms with Gasteiger partial charge in [-0.3, -0.25) is 0 Å². The highest BCUT2D eigenvalue weighted by molar-refractivity contribution is 6.10. The lowest BCUT2D eigenvalue weighted by molar-refractivity contribution is 0.670. The van der Waals surface area contributed by atoms with Crippen molar-refractivity contribution in [1.82, 2.24) is 0 Å². The second-order valence-corrected chi connectivity index (χ2v) is 19.3. The Balaban J connectivity index is 0.896. The van der Waals surface area contributed by atoms with Crippen molar-refractivity contribution < 1.29 is 4.42 Å². The Morgan fingerprint density at radius 3 is 1.44 bits per heavy atom. The minimum absolute atomic E-state index is 0.903. The van der Waals surface area contributed by atoms with Gasteiger partial charge in [-0.25, -0.2) is 0 Å². The van der Waals surface area contributed by atoms with Crippen molar-refractivity contribution in [2.45, 2.75) is 0 Å². The van der Waals surface area contributed by atoms with Crippen molar-refractivity contribution in [1.29, 1.82) is 0 Å². The summed E-state index contributed by atoms with van der Waals surface area (Å²) < 4.78 is 6.49. The van der Waals surface area contributed by atoms with Gasteiger partial charge in [0.15, 0.2) is 0 Å². The van der Waals surface area contributed by atoms with Crippen LogP contribution in [-0.4, -0.2) is 0 Å². The fourth-order valence-corrected chi connectivity index (χ4v) is 11.2. The Hall–Kier alpha value is -9.96. The fraction of sp³-hybridized carbons (Fsp3) is 0. The van der Waals surface area contributed by atoms with Crippen LogP contribution in [0.25, 0.3) is 98.8 Å². The van der Waals surface area contributed by atoms with Crippen LogP contribution in [0.5, 0.6) is 0 Å². The van der Waals surface area contributed by atoms with Gasteiger partial charge in [-0.1, -0.05) is 224 Å². The summed E-state index contributed by atoms with van der Waals surface area (Å²) in [6, 6.07) is 105. The lowest BCUT2D eigenvalue weighted by Crippen LogP contribution is -2.12. The third kappa shape index (κ3) is 7.95. The molecule has 14 aromatic rings. The molecule has 1 heterocycles. The summed E-state index contributed by atoms with van der Waals surface area (Å²) in [5, 5.41) is 9.30. The molecule has 3 heteroatoms. The zero-order valence-electron chi connectivity index (χ0n) is 41.0. The molecule has 0 saturated heterocycles. The second kappa shape index (κ2) is 18.6. The first-order chi connectivity index (χ1) is 37.2. The summed E-state index contributed by atoms with van der Waals surface area (Å²) in [5.74, 6) is 0. The SMILES string of the molecule is c1ccc(-c2ccc(-c3cccc(N(c4cccc(-c5ccccc5N(c5ccc6cc(-c7cccc8c7oc7ccccc78)ccc6c5)c5cccc6ccccc56)c4)c4cccc5ccccc45)c3)cc2)cc1. The third-order valence-electron chi connectivity index (χ3n) is 14.8. The predicted molar refractivity (Wildman–Crippen MR) is 317 cm³/mol. The molecule has 0 spiro atoms. The zero-order valence-corrected chi connectivity index (χ0v) is 41.0. The number of fused-ring (bicyclic) bond motifs is 6. The van der Waals surface area contributed by atoms with Crippen molar-refractivity contribution in [3.63, 3.8) is 0 Å². The van der Waals surface area contributed by atoms with E-state index in [2.05, 4.69) is 289 Å². The van der Waals surface area contributed by atoms with E-state index in [4.69, 9.17) is 4.42 Å². The molecule has 75 heavy (non-hydrogen) atoms. The minimum atomic E-state index is 0.903. The molecule has 14 rings (SSSR count). The Morgan fingerprint density at radius 2 is 0.680 bits per heavy atom. The summed E-state index contributed by atoms with van der Waals surface area (Å²) in [4.78, 5) is 4.87. The molecule has 0 aliphatic heterocycles. The molecule has 0 aliphatic rings. The quantitative estimate of drug-likeness (QED) is 0.136. The van der Waals surface area contributed by atoms with Gasteiger partial charge in [0.2, 0.25) is 0 Å². The summed E-state index contributed by atoms with van der Waals surface area (Å²) >= 11 is 0. The molecule has 0 atom stereocenters. The molecule has 3 nitrogen and oxygen atoms in total. The van der Waals surface area contributed by atoms with Crippen LogP contribution in [0, 0.1) is 0 Å². The van der Waals surface area contributed by atoms with E-state index in [1.54, 1.807) is 0 Å². The first-order valence-corrected chi connectivity index (χ1v) is 25.6. The van der Waals surface area contributed by atoms with E-state index in [0.29, 0.717) is 0 Å². The number of hydrogen-bond acceptors (Lipinski definition) is 3. The molecule has 0 saturated carbocycles. The van der Waals surface area contributed by atoms with Gasteiger partial charge in [-0.15, -0.1) is 0 Å². The second-order valence-electron chi connectivity index (χ2n) is 19.3. The van der Waals surface area contributed by atoms with Crippen molar-refractivity contribution in [2.24, 2.45) is 0 Å². The molecule has 0 unspecified atom stereocenters. The van der Waals surface area contributed by atoms with Gasteiger partial charge in [-0.2, -0.15) is 0 Å². The molecule has 0 amide bonds. The summed E-state index contributed by atoms with van der Waals surface area (Å²) in [6.07, 6.45) is 0. The first-order valence-electron chi connectivity index (χ1n) is 25.6. The standard InChI is InChI=1S/C72H48N2O/c1-2-17-49(18-3-1)50-37-39-51(40-38-50)54-23-12-25-59(46-54)73(68-34-14-21-52-19-4-6-27-62(52)68)60-26-13-24-57(48-60)64-29-8-10-33-69(64)74(70-35-15-22-53-20-5-7-28-63(53)70)61-44-43-55-45-58(42-41-56(55)47-61)65-31-16-32-67-66-30-9-11-36-71(66)75-72(65)67/h1-48H. The Bertz CT molecular complexity index is 4430. The smallest absolute Gasteiger partial charge is 0.143 e. The van der Waals surface area contributed by atoms with Crippen molar-refractivity contribution in [3.8, 4) is 44.5 Å². The first kappa shape index (κ1) is 43.8. The minimum Gasteiger partial charge on any atom is -0.455 e. The highest BCUT2D eigenvalue weighted by atomic mass is 16.3. The number of hydrogen-bond donors (Lipinski definition) is 0. The summed E-state index contributed by atoms with van der Waals surface area (Å²) in [6.45, 7) is 0. The van der Waals surface area contributed by atoms with E-state index in [1.807, 2.05) is 12.1 Å². The number of anilines is 6. The van der Waals surface area contributed by atoms with Crippen LogP contribution >= 0.6 is 0 Å². The molecular weight excluding hydrogens is 909 g/mol. The van der Waals surface area contributed by atoms with Gasteiger partial charge in [0, 0.05) is 49.7 Å². The van der Waals surface area contributed by atoms with E-state index in [9.17, 15) is 0 Å². The summed E-state index contributed by atoms with van der Waals surface area (Å²) in [7, 11) is 0. The molecule has 1 aromatic heterocycles. The van der Waals surface area contributed by atoms with E-state index >= 15 is 0 Å². The summed E-state index contributed by atoms with van der Waals surface area (Å²) in [5.41, 5.74) is 17.5. The molecular formula is C72H48N2O. The number of rotatable bonds is 10. The van der Waals surface area contributed by atoms with Crippen LogP contribution in [0.4, 0.5) is 34.1 Å². The highest BCUT2D eigenvalue weighted by Crippen LogP contribution is 2.47. The van der Waals surface area contributed by atoms with E-state index in [-0.39, 0.29) is 0 Å². The maximum atomic E-state index is 6.49. The third-order valence-corrected chi connectivity index (χ3v) is 14.8. The van der Waals surface area contributed by atoms with Gasteiger partial charge in [0.25, 0.3) is 0 Å². The van der Waals surface area contributed by atoms with E-state index < -0.39 is 0 Å². The maximum absolute atomic E-state index is 6.49. The Labute approximate surface area is 436 Å². The predicted octanol–water partition coefficient (Wildman–Crippen LogP) is 20.7. The molecule has 0 bridgehead atoms. The number of para-hydroxylation sites is 3. The molecule has 0 fully saturated rings. The van der Waals surface area contributed by atoms with Gasteiger partial charge in [-0.05, 0) is 122 Å². The monoisotopic (exact) mass is 956 g/mol. The maximum Gasteiger partial charge on any atom is 0.143 e. The zero-order chi connectivity index (χ0) is 49.7. The largest absolute Gasteiger partial charge is 0.455 e. The Morgan fingerprint density at radius 1 is 0.227 bits per heavy atom. The number of nitrogens with zero attached hydrogens (tertiary/aromatic N) is 2. The van der Waals surface area contributed by atoms with E-state index in [0.717, 1.165) is 94.7 Å². The fourth-order valence-electron chi connectivity index (χ4n) is 11.2. The molecule has 0 N–H and O–H groups in total. The van der Waals surface area contributed by atoms with Crippen molar-refractivity contribution in [2.75, 3.05) is 9.80 Å². The van der Waals surface area contributed by atoms with Crippen LogP contribution in [0.15, 0.2) is 296 Å².